The number of carbonyl (C=O) groups excluding carboxylic acids is 1. The van der Waals surface area contributed by atoms with Crippen molar-refractivity contribution in [2.45, 2.75) is 12.6 Å². The number of ether oxygens (including phenoxy) is 2. The molecule has 2 heterocycles. The van der Waals surface area contributed by atoms with Crippen LogP contribution in [-0.2, 0) is 11.3 Å². The highest BCUT2D eigenvalue weighted by atomic mass is 19.1. The molecule has 1 unspecified atom stereocenters. The zero-order valence-corrected chi connectivity index (χ0v) is 18.0. The Bertz CT molecular complexity index is 869. The molecule has 0 bridgehead atoms. The summed E-state index contributed by atoms with van der Waals surface area (Å²) in [5, 5.41) is 0. The van der Waals surface area contributed by atoms with Crippen molar-refractivity contribution in [3.05, 3.63) is 65.5 Å². The van der Waals surface area contributed by atoms with E-state index >= 15 is 0 Å². The van der Waals surface area contributed by atoms with Crippen LogP contribution in [0.4, 0.5) is 4.39 Å². The van der Waals surface area contributed by atoms with Crippen molar-refractivity contribution in [1.82, 2.24) is 14.7 Å². The van der Waals surface area contributed by atoms with Gasteiger partial charge in [0.1, 0.15) is 11.6 Å². The van der Waals surface area contributed by atoms with E-state index in [0.29, 0.717) is 31.0 Å². The van der Waals surface area contributed by atoms with Crippen molar-refractivity contribution in [3.63, 3.8) is 0 Å². The molecular formula is C24H30FN3O3. The lowest BCUT2D eigenvalue weighted by molar-refractivity contribution is -0.0497. The van der Waals surface area contributed by atoms with Crippen LogP contribution in [0.3, 0.4) is 0 Å². The lowest BCUT2D eigenvalue weighted by Gasteiger charge is -2.39. The molecule has 1 atom stereocenters. The number of morpholine rings is 1. The maximum atomic E-state index is 13.1. The van der Waals surface area contributed by atoms with E-state index in [-0.39, 0.29) is 17.8 Å². The van der Waals surface area contributed by atoms with Gasteiger partial charge in [-0.2, -0.15) is 0 Å². The highest BCUT2D eigenvalue weighted by Gasteiger charge is 2.27. The molecule has 0 N–H and O–H groups in total. The number of benzene rings is 2. The molecule has 0 aromatic heterocycles. The van der Waals surface area contributed by atoms with E-state index in [2.05, 4.69) is 9.80 Å². The van der Waals surface area contributed by atoms with Crippen LogP contribution in [-0.4, -0.2) is 86.2 Å². The van der Waals surface area contributed by atoms with Crippen LogP contribution in [0.2, 0.25) is 0 Å². The first-order chi connectivity index (χ1) is 15.1. The van der Waals surface area contributed by atoms with Gasteiger partial charge in [-0.3, -0.25) is 14.6 Å². The van der Waals surface area contributed by atoms with Crippen LogP contribution >= 0.6 is 0 Å². The molecule has 2 fully saturated rings. The van der Waals surface area contributed by atoms with Gasteiger partial charge in [0.05, 0.1) is 25.4 Å². The fourth-order valence-electron chi connectivity index (χ4n) is 4.30. The summed E-state index contributed by atoms with van der Waals surface area (Å²) >= 11 is 0. The summed E-state index contributed by atoms with van der Waals surface area (Å²) in [6, 6.07) is 14.1. The summed E-state index contributed by atoms with van der Waals surface area (Å²) in [5.41, 5.74) is 1.73. The molecular weight excluding hydrogens is 397 g/mol. The third-order valence-corrected chi connectivity index (χ3v) is 6.00. The Labute approximate surface area is 183 Å². The van der Waals surface area contributed by atoms with Gasteiger partial charge in [-0.25, -0.2) is 4.39 Å². The van der Waals surface area contributed by atoms with E-state index in [1.807, 2.05) is 41.3 Å². The van der Waals surface area contributed by atoms with E-state index in [9.17, 15) is 9.18 Å². The van der Waals surface area contributed by atoms with Gasteiger partial charge in [0, 0.05) is 52.4 Å². The average molecular weight is 428 g/mol. The lowest BCUT2D eigenvalue weighted by atomic mass is 10.1. The number of rotatable bonds is 6. The van der Waals surface area contributed by atoms with Crippen LogP contribution < -0.4 is 4.74 Å². The SMILES string of the molecule is COc1ccccc1C(=O)N1CCN(CC2CN(Cc3ccc(F)cc3)CCO2)CC1. The average Bonchev–Trinajstić information content (AvgIpc) is 2.81. The predicted molar refractivity (Wildman–Crippen MR) is 117 cm³/mol. The fourth-order valence-corrected chi connectivity index (χ4v) is 4.30. The zero-order chi connectivity index (χ0) is 21.6. The number of hydrogen-bond donors (Lipinski definition) is 0. The van der Waals surface area contributed by atoms with Crippen LogP contribution in [0.1, 0.15) is 15.9 Å². The van der Waals surface area contributed by atoms with Crippen molar-refractivity contribution in [2.24, 2.45) is 0 Å². The van der Waals surface area contributed by atoms with Crippen molar-refractivity contribution >= 4 is 5.91 Å². The normalized spacial score (nSPS) is 20.6. The Hall–Kier alpha value is -2.48. The molecule has 2 saturated heterocycles. The maximum Gasteiger partial charge on any atom is 0.257 e. The molecule has 31 heavy (non-hydrogen) atoms. The molecule has 2 aromatic rings. The number of nitrogens with zero attached hydrogens (tertiary/aromatic N) is 3. The number of halogens is 1. The smallest absolute Gasteiger partial charge is 0.257 e. The second-order valence-corrected chi connectivity index (χ2v) is 8.15. The van der Waals surface area contributed by atoms with Crippen LogP contribution in [0, 0.1) is 5.82 Å². The third-order valence-electron chi connectivity index (χ3n) is 6.00. The van der Waals surface area contributed by atoms with Crippen LogP contribution in [0.25, 0.3) is 0 Å². The molecule has 2 aliphatic heterocycles. The van der Waals surface area contributed by atoms with Crippen LogP contribution in [0.5, 0.6) is 5.75 Å². The number of piperazine rings is 1. The summed E-state index contributed by atoms with van der Waals surface area (Å²) in [6.07, 6.45) is 0.144. The molecule has 0 radical (unpaired) electrons. The first-order valence-electron chi connectivity index (χ1n) is 10.9. The molecule has 166 valence electrons. The van der Waals surface area contributed by atoms with Gasteiger partial charge in [0.2, 0.25) is 0 Å². The minimum absolute atomic E-state index is 0.0245. The maximum absolute atomic E-state index is 13.1. The van der Waals surface area contributed by atoms with Crippen molar-refractivity contribution in [2.75, 3.05) is 59.5 Å². The van der Waals surface area contributed by atoms with E-state index in [1.165, 1.54) is 12.1 Å². The Morgan fingerprint density at radius 2 is 1.77 bits per heavy atom. The summed E-state index contributed by atoms with van der Waals surface area (Å²) in [5.74, 6) is 0.440. The molecule has 4 rings (SSSR count). The predicted octanol–water partition coefficient (Wildman–Crippen LogP) is 2.49. The monoisotopic (exact) mass is 427 g/mol. The summed E-state index contributed by atoms with van der Waals surface area (Å²) in [7, 11) is 1.59. The second kappa shape index (κ2) is 10.2. The number of methoxy groups -OCH3 is 1. The van der Waals surface area contributed by atoms with E-state index in [0.717, 1.165) is 44.8 Å². The Balaban J connectivity index is 1.25. The Morgan fingerprint density at radius 1 is 1.03 bits per heavy atom. The molecule has 0 aliphatic carbocycles. The summed E-state index contributed by atoms with van der Waals surface area (Å²) in [6.45, 7) is 7.17. The van der Waals surface area contributed by atoms with E-state index in [1.54, 1.807) is 7.11 Å². The third kappa shape index (κ3) is 5.61. The van der Waals surface area contributed by atoms with Gasteiger partial charge >= 0.3 is 0 Å². The first-order valence-corrected chi connectivity index (χ1v) is 10.9. The highest BCUT2D eigenvalue weighted by Crippen LogP contribution is 2.20. The number of carbonyl (C=O) groups is 1. The van der Waals surface area contributed by atoms with Crippen molar-refractivity contribution in [3.8, 4) is 5.75 Å². The van der Waals surface area contributed by atoms with Crippen LogP contribution in [0.15, 0.2) is 48.5 Å². The largest absolute Gasteiger partial charge is 0.496 e. The minimum Gasteiger partial charge on any atom is -0.496 e. The van der Waals surface area contributed by atoms with E-state index < -0.39 is 0 Å². The second-order valence-electron chi connectivity index (χ2n) is 8.15. The number of amides is 1. The van der Waals surface area contributed by atoms with Gasteiger partial charge in [-0.15, -0.1) is 0 Å². The molecule has 7 heteroatoms. The molecule has 2 aliphatic rings. The first kappa shape index (κ1) is 21.7. The zero-order valence-electron chi connectivity index (χ0n) is 18.0. The molecule has 2 aromatic carbocycles. The highest BCUT2D eigenvalue weighted by molar-refractivity contribution is 5.97. The number of hydrogen-bond acceptors (Lipinski definition) is 5. The Kier molecular flexibility index (Phi) is 7.17. The van der Waals surface area contributed by atoms with Gasteiger partial charge < -0.3 is 14.4 Å². The molecule has 0 saturated carbocycles. The quantitative estimate of drug-likeness (QED) is 0.709. The van der Waals surface area contributed by atoms with Gasteiger partial charge in [0.25, 0.3) is 5.91 Å². The van der Waals surface area contributed by atoms with Crippen molar-refractivity contribution in [1.29, 1.82) is 0 Å². The topological polar surface area (TPSA) is 45.2 Å². The van der Waals surface area contributed by atoms with Gasteiger partial charge in [-0.05, 0) is 29.8 Å². The lowest BCUT2D eigenvalue weighted by Crippen LogP contribution is -2.53. The Morgan fingerprint density at radius 3 is 2.52 bits per heavy atom. The standard InChI is InChI=1S/C24H30FN3O3/c1-30-23-5-3-2-4-22(23)24(29)28-12-10-26(11-13-28)17-21-18-27(14-15-31-21)16-19-6-8-20(25)9-7-19/h2-9,21H,10-18H2,1H3. The molecule has 6 nitrogen and oxygen atoms in total. The van der Waals surface area contributed by atoms with Gasteiger partial charge in [0.15, 0.2) is 0 Å². The van der Waals surface area contributed by atoms with E-state index in [4.69, 9.17) is 9.47 Å². The molecule has 0 spiro atoms. The number of para-hydroxylation sites is 1. The van der Waals surface area contributed by atoms with Crippen molar-refractivity contribution < 1.29 is 18.7 Å². The molecule has 1 amide bonds. The van der Waals surface area contributed by atoms with Gasteiger partial charge in [-0.1, -0.05) is 24.3 Å². The minimum atomic E-state index is -0.202. The fraction of sp³-hybridized carbons (Fsp3) is 0.458. The summed E-state index contributed by atoms with van der Waals surface area (Å²) in [4.78, 5) is 19.5. The summed E-state index contributed by atoms with van der Waals surface area (Å²) < 4.78 is 24.5.